The van der Waals surface area contributed by atoms with Crippen LogP contribution < -0.4 is 10.5 Å². The molecule has 1 aromatic carbocycles. The molecule has 15 heavy (non-hydrogen) atoms. The van der Waals surface area contributed by atoms with Crippen molar-refractivity contribution < 1.29 is 9.84 Å². The molecular weight excluding hydrogens is 214 g/mol. The SMILES string of the molecule is COc1cc(Cl)cc(C(N)C2CC2)c1O. The molecule has 1 unspecified atom stereocenters. The molecule has 0 aromatic heterocycles. The Bertz CT molecular complexity index is 377. The average molecular weight is 228 g/mol. The summed E-state index contributed by atoms with van der Waals surface area (Å²) in [6, 6.07) is 3.15. The summed E-state index contributed by atoms with van der Waals surface area (Å²) in [5, 5.41) is 10.4. The van der Waals surface area contributed by atoms with E-state index in [1.54, 1.807) is 12.1 Å². The Morgan fingerprint density at radius 2 is 2.20 bits per heavy atom. The lowest BCUT2D eigenvalue weighted by Crippen LogP contribution is -2.12. The fourth-order valence-corrected chi connectivity index (χ4v) is 1.93. The molecule has 3 nitrogen and oxygen atoms in total. The highest BCUT2D eigenvalue weighted by Crippen LogP contribution is 2.45. The molecule has 0 spiro atoms. The Morgan fingerprint density at radius 1 is 1.53 bits per heavy atom. The highest BCUT2D eigenvalue weighted by Gasteiger charge is 2.31. The number of rotatable bonds is 3. The molecule has 0 heterocycles. The first-order valence-electron chi connectivity index (χ1n) is 4.95. The zero-order valence-electron chi connectivity index (χ0n) is 8.53. The van der Waals surface area contributed by atoms with Gasteiger partial charge in [0.2, 0.25) is 0 Å². The van der Waals surface area contributed by atoms with Gasteiger partial charge in [-0.15, -0.1) is 0 Å². The van der Waals surface area contributed by atoms with Crippen molar-refractivity contribution in [1.82, 2.24) is 0 Å². The van der Waals surface area contributed by atoms with E-state index in [0.717, 1.165) is 12.8 Å². The summed E-state index contributed by atoms with van der Waals surface area (Å²) >= 11 is 5.92. The van der Waals surface area contributed by atoms with Gasteiger partial charge in [0, 0.05) is 22.7 Å². The van der Waals surface area contributed by atoms with Crippen LogP contribution in [0.25, 0.3) is 0 Å². The maximum absolute atomic E-state index is 9.90. The van der Waals surface area contributed by atoms with Crippen molar-refractivity contribution in [3.8, 4) is 11.5 Å². The van der Waals surface area contributed by atoms with E-state index in [9.17, 15) is 5.11 Å². The number of phenols is 1. The van der Waals surface area contributed by atoms with Gasteiger partial charge in [-0.25, -0.2) is 0 Å². The van der Waals surface area contributed by atoms with Crippen molar-refractivity contribution in [1.29, 1.82) is 0 Å². The van der Waals surface area contributed by atoms with E-state index in [1.165, 1.54) is 7.11 Å². The highest BCUT2D eigenvalue weighted by atomic mass is 35.5. The fraction of sp³-hybridized carbons (Fsp3) is 0.455. The first-order chi connectivity index (χ1) is 7.13. The van der Waals surface area contributed by atoms with Gasteiger partial charge in [-0.3, -0.25) is 0 Å². The molecule has 82 valence electrons. The van der Waals surface area contributed by atoms with Gasteiger partial charge in [-0.05, 0) is 24.8 Å². The third-order valence-corrected chi connectivity index (χ3v) is 3.00. The summed E-state index contributed by atoms with van der Waals surface area (Å²) in [6.45, 7) is 0. The van der Waals surface area contributed by atoms with Gasteiger partial charge in [0.15, 0.2) is 11.5 Å². The lowest BCUT2D eigenvalue weighted by molar-refractivity contribution is 0.367. The molecular formula is C11H14ClNO2. The van der Waals surface area contributed by atoms with E-state index in [0.29, 0.717) is 22.3 Å². The standard InChI is InChI=1S/C11H14ClNO2/c1-15-9-5-7(12)4-8(11(9)14)10(13)6-2-3-6/h4-6,10,14H,2-3,13H2,1H3. The first kappa shape index (κ1) is 10.6. The Morgan fingerprint density at radius 3 is 2.73 bits per heavy atom. The van der Waals surface area contributed by atoms with Crippen LogP contribution in [0.2, 0.25) is 5.02 Å². The summed E-state index contributed by atoms with van der Waals surface area (Å²) in [7, 11) is 1.50. The number of benzene rings is 1. The van der Waals surface area contributed by atoms with Crippen molar-refractivity contribution in [2.24, 2.45) is 11.7 Å². The van der Waals surface area contributed by atoms with Crippen molar-refractivity contribution in [2.75, 3.05) is 7.11 Å². The second kappa shape index (κ2) is 3.91. The molecule has 1 aromatic rings. The Hall–Kier alpha value is -0.930. The van der Waals surface area contributed by atoms with Crippen LogP contribution in [0, 0.1) is 5.92 Å². The van der Waals surface area contributed by atoms with Crippen molar-refractivity contribution in [3.05, 3.63) is 22.7 Å². The van der Waals surface area contributed by atoms with Crippen LogP contribution in [0.4, 0.5) is 0 Å². The minimum Gasteiger partial charge on any atom is -0.504 e. The van der Waals surface area contributed by atoms with E-state index in [2.05, 4.69) is 0 Å². The van der Waals surface area contributed by atoms with Crippen LogP contribution in [-0.2, 0) is 0 Å². The summed E-state index contributed by atoms with van der Waals surface area (Å²) in [4.78, 5) is 0. The van der Waals surface area contributed by atoms with Crippen LogP contribution in [0.5, 0.6) is 11.5 Å². The van der Waals surface area contributed by atoms with Gasteiger partial charge in [0.25, 0.3) is 0 Å². The number of halogens is 1. The van der Waals surface area contributed by atoms with Crippen molar-refractivity contribution in [3.63, 3.8) is 0 Å². The second-order valence-corrected chi connectivity index (χ2v) is 4.35. The Labute approximate surface area is 93.8 Å². The van der Waals surface area contributed by atoms with Gasteiger partial charge >= 0.3 is 0 Å². The van der Waals surface area contributed by atoms with E-state index >= 15 is 0 Å². The molecule has 0 saturated heterocycles. The van der Waals surface area contributed by atoms with Crippen LogP contribution in [0.15, 0.2) is 12.1 Å². The van der Waals surface area contributed by atoms with Crippen LogP contribution in [-0.4, -0.2) is 12.2 Å². The van der Waals surface area contributed by atoms with Crippen LogP contribution in [0.3, 0.4) is 0 Å². The normalized spacial score (nSPS) is 17.5. The second-order valence-electron chi connectivity index (χ2n) is 3.91. The third kappa shape index (κ3) is 2.03. The number of phenolic OH excluding ortho intramolecular Hbond substituents is 1. The van der Waals surface area contributed by atoms with E-state index in [1.807, 2.05) is 0 Å². The molecule has 1 saturated carbocycles. The van der Waals surface area contributed by atoms with Crippen molar-refractivity contribution >= 4 is 11.6 Å². The van der Waals surface area contributed by atoms with Gasteiger partial charge < -0.3 is 15.6 Å². The summed E-state index contributed by atoms with van der Waals surface area (Å²) in [5.74, 6) is 0.967. The minimum atomic E-state index is -0.141. The lowest BCUT2D eigenvalue weighted by atomic mass is 10.0. The van der Waals surface area contributed by atoms with E-state index < -0.39 is 0 Å². The molecule has 0 radical (unpaired) electrons. The molecule has 1 atom stereocenters. The Balaban J connectivity index is 2.40. The minimum absolute atomic E-state index is 0.112. The van der Waals surface area contributed by atoms with Gasteiger partial charge in [-0.1, -0.05) is 11.6 Å². The highest BCUT2D eigenvalue weighted by molar-refractivity contribution is 6.30. The molecule has 1 aliphatic carbocycles. The van der Waals surface area contributed by atoms with Gasteiger partial charge in [0.1, 0.15) is 0 Å². The maximum Gasteiger partial charge on any atom is 0.162 e. The largest absolute Gasteiger partial charge is 0.504 e. The predicted octanol–water partition coefficient (Wildman–Crippen LogP) is 2.46. The van der Waals surface area contributed by atoms with E-state index in [-0.39, 0.29) is 11.8 Å². The molecule has 2 rings (SSSR count). The molecule has 1 aliphatic rings. The summed E-state index contributed by atoms with van der Waals surface area (Å²) in [5.41, 5.74) is 6.70. The zero-order valence-corrected chi connectivity index (χ0v) is 9.29. The quantitative estimate of drug-likeness (QED) is 0.834. The van der Waals surface area contributed by atoms with Crippen molar-refractivity contribution in [2.45, 2.75) is 18.9 Å². The summed E-state index contributed by atoms with van der Waals surface area (Å²) in [6.07, 6.45) is 2.24. The predicted molar refractivity (Wildman–Crippen MR) is 59.3 cm³/mol. The molecule has 1 fully saturated rings. The number of hydrogen-bond acceptors (Lipinski definition) is 3. The van der Waals surface area contributed by atoms with Crippen LogP contribution >= 0.6 is 11.6 Å². The zero-order chi connectivity index (χ0) is 11.0. The first-order valence-corrected chi connectivity index (χ1v) is 5.33. The topological polar surface area (TPSA) is 55.5 Å². The van der Waals surface area contributed by atoms with E-state index in [4.69, 9.17) is 22.1 Å². The van der Waals surface area contributed by atoms with Gasteiger partial charge in [0.05, 0.1) is 7.11 Å². The number of ether oxygens (including phenoxy) is 1. The average Bonchev–Trinajstić information content (AvgIpc) is 3.03. The molecule has 4 heteroatoms. The van der Waals surface area contributed by atoms with Crippen LogP contribution in [0.1, 0.15) is 24.4 Å². The molecule has 0 amide bonds. The smallest absolute Gasteiger partial charge is 0.162 e. The number of hydrogen-bond donors (Lipinski definition) is 2. The monoisotopic (exact) mass is 227 g/mol. The Kier molecular flexibility index (Phi) is 2.76. The lowest BCUT2D eigenvalue weighted by Gasteiger charge is -2.15. The van der Waals surface area contributed by atoms with Gasteiger partial charge in [-0.2, -0.15) is 0 Å². The number of methoxy groups -OCH3 is 1. The molecule has 3 N–H and O–H groups in total. The number of nitrogens with two attached hydrogens (primary N) is 1. The molecule has 0 bridgehead atoms. The summed E-state index contributed by atoms with van der Waals surface area (Å²) < 4.78 is 5.03. The molecule has 0 aliphatic heterocycles. The maximum atomic E-state index is 9.90. The number of aromatic hydroxyl groups is 1. The third-order valence-electron chi connectivity index (χ3n) is 2.78. The fourth-order valence-electron chi connectivity index (χ4n) is 1.71.